The number of phosphoric acid groups is 1. The minimum Gasteiger partial charge on any atom is -0.756 e. The van der Waals surface area contributed by atoms with Crippen molar-refractivity contribution in [3.8, 4) is 0 Å². The molecule has 0 spiro atoms. The number of rotatable bonds is 62. The van der Waals surface area contributed by atoms with Crippen LogP contribution in [0.15, 0.2) is 48.6 Å². The van der Waals surface area contributed by atoms with Crippen molar-refractivity contribution in [3.63, 3.8) is 0 Å². The highest BCUT2D eigenvalue weighted by Gasteiger charge is 2.27. The fourth-order valence-corrected chi connectivity index (χ4v) is 10.7. The summed E-state index contributed by atoms with van der Waals surface area (Å²) in [6, 6.07) is -0.888. The van der Waals surface area contributed by atoms with Crippen molar-refractivity contribution in [1.82, 2.24) is 5.32 Å². The lowest BCUT2D eigenvalue weighted by molar-refractivity contribution is -0.870. The molecule has 0 aliphatic carbocycles. The summed E-state index contributed by atoms with van der Waals surface area (Å²) >= 11 is 0. The smallest absolute Gasteiger partial charge is 0.306 e. The number of hydrogen-bond donors (Lipinski definition) is 1. The van der Waals surface area contributed by atoms with Gasteiger partial charge in [0.25, 0.3) is 7.82 Å². The van der Waals surface area contributed by atoms with E-state index in [2.05, 4.69) is 62.5 Å². The number of allylic oxidation sites excluding steroid dienone is 7. The molecule has 0 saturated heterocycles. The van der Waals surface area contributed by atoms with Crippen LogP contribution in [0.3, 0.4) is 0 Å². The quantitative estimate of drug-likeness (QED) is 0.0212. The number of nitrogens with zero attached hydrogens (tertiary/aromatic N) is 1. The van der Waals surface area contributed by atoms with Crippen LogP contribution in [-0.4, -0.2) is 69.4 Å². The van der Waals surface area contributed by atoms with E-state index < -0.39 is 20.0 Å². The Balaban J connectivity index is 5.15. The third-order valence-corrected chi connectivity index (χ3v) is 16.2. The van der Waals surface area contributed by atoms with Crippen LogP contribution < -0.4 is 10.2 Å². The number of carbonyl (C=O) groups is 2. The first-order valence-corrected chi connectivity index (χ1v) is 35.4. The maximum atomic E-state index is 13.6. The lowest BCUT2D eigenvalue weighted by Crippen LogP contribution is -2.47. The van der Waals surface area contributed by atoms with E-state index in [-0.39, 0.29) is 31.5 Å². The van der Waals surface area contributed by atoms with Gasteiger partial charge < -0.3 is 28.5 Å². The van der Waals surface area contributed by atoms with E-state index in [1.165, 1.54) is 218 Å². The predicted octanol–water partition coefficient (Wildman–Crippen LogP) is 20.6. The first-order valence-electron chi connectivity index (χ1n) is 33.9. The van der Waals surface area contributed by atoms with Crippen molar-refractivity contribution in [2.24, 2.45) is 0 Å². The number of amides is 1. The van der Waals surface area contributed by atoms with Crippen LogP contribution >= 0.6 is 7.82 Å². The van der Waals surface area contributed by atoms with Gasteiger partial charge in [-0.2, -0.15) is 0 Å². The maximum Gasteiger partial charge on any atom is 0.306 e. The molecular weight excluding hydrogens is 1000 g/mol. The second-order valence-corrected chi connectivity index (χ2v) is 25.7. The molecule has 1 N–H and O–H groups in total. The van der Waals surface area contributed by atoms with Crippen LogP contribution in [0.5, 0.6) is 0 Å². The van der Waals surface area contributed by atoms with E-state index in [4.69, 9.17) is 13.8 Å². The number of nitrogens with one attached hydrogen (secondary N) is 1. The summed E-state index contributed by atoms with van der Waals surface area (Å²) in [5, 5.41) is 3.04. The van der Waals surface area contributed by atoms with Crippen LogP contribution in [-0.2, 0) is 27.9 Å². The summed E-state index contributed by atoms with van der Waals surface area (Å²) in [4.78, 5) is 40.1. The summed E-state index contributed by atoms with van der Waals surface area (Å²) < 4.78 is 30.4. The van der Waals surface area contributed by atoms with Gasteiger partial charge in [-0.3, -0.25) is 14.2 Å². The normalized spacial score (nSPS) is 13.9. The zero-order chi connectivity index (χ0) is 57.9. The molecule has 0 aliphatic heterocycles. The first-order chi connectivity index (χ1) is 38.4. The summed E-state index contributed by atoms with van der Waals surface area (Å²) in [6.07, 6.45) is 73.6. The predicted molar refractivity (Wildman–Crippen MR) is 339 cm³/mol. The summed E-state index contributed by atoms with van der Waals surface area (Å²) in [5.74, 6) is -0.530. The highest BCUT2D eigenvalue weighted by Crippen LogP contribution is 2.38. The van der Waals surface area contributed by atoms with Crippen LogP contribution in [0.25, 0.3) is 0 Å². The third kappa shape index (κ3) is 60.4. The van der Waals surface area contributed by atoms with Crippen molar-refractivity contribution in [2.45, 2.75) is 341 Å². The fourth-order valence-electron chi connectivity index (χ4n) is 10.0. The molecule has 3 unspecified atom stereocenters. The highest BCUT2D eigenvalue weighted by atomic mass is 31.2. The second-order valence-electron chi connectivity index (χ2n) is 24.3. The molecule has 1 amide bonds. The van der Waals surface area contributed by atoms with Gasteiger partial charge >= 0.3 is 5.97 Å². The molecule has 0 heterocycles. The molecule has 0 rings (SSSR count). The lowest BCUT2D eigenvalue weighted by atomic mass is 10.0. The average molecular weight is 1130 g/mol. The summed E-state index contributed by atoms with van der Waals surface area (Å²) in [6.45, 7) is 6.86. The molecule has 464 valence electrons. The average Bonchev–Trinajstić information content (AvgIpc) is 3.41. The number of unbranched alkanes of at least 4 members (excludes halogenated alkanes) is 40. The van der Waals surface area contributed by atoms with Gasteiger partial charge in [-0.05, 0) is 70.3 Å². The van der Waals surface area contributed by atoms with Gasteiger partial charge in [0.2, 0.25) is 5.91 Å². The number of hydrogen-bond acceptors (Lipinski definition) is 7. The minimum atomic E-state index is -4.70. The van der Waals surface area contributed by atoms with Crippen molar-refractivity contribution < 1.29 is 37.3 Å². The second kappa shape index (κ2) is 59.1. The molecule has 0 aliphatic rings. The van der Waals surface area contributed by atoms with Gasteiger partial charge in [-0.25, -0.2) is 0 Å². The number of carbonyl (C=O) groups excluding carboxylic acids is 2. The molecule has 0 aromatic rings. The Kier molecular flexibility index (Phi) is 57.6. The maximum absolute atomic E-state index is 13.6. The van der Waals surface area contributed by atoms with Crippen LogP contribution in [0.2, 0.25) is 0 Å². The number of ether oxygens (including phenoxy) is 1. The van der Waals surface area contributed by atoms with E-state index in [0.29, 0.717) is 17.4 Å². The van der Waals surface area contributed by atoms with Gasteiger partial charge in [-0.15, -0.1) is 0 Å². The van der Waals surface area contributed by atoms with Crippen molar-refractivity contribution in [2.75, 3.05) is 40.9 Å². The molecule has 3 atom stereocenters. The Morgan fingerprint density at radius 3 is 1.18 bits per heavy atom. The van der Waals surface area contributed by atoms with Gasteiger partial charge in [0, 0.05) is 12.8 Å². The number of esters is 1. The van der Waals surface area contributed by atoms with Crippen molar-refractivity contribution in [3.05, 3.63) is 48.6 Å². The Bertz CT molecular complexity index is 1490. The lowest BCUT2D eigenvalue weighted by Gasteiger charge is -2.30. The van der Waals surface area contributed by atoms with Gasteiger partial charge in [-0.1, -0.05) is 294 Å². The molecule has 0 radical (unpaired) electrons. The Morgan fingerprint density at radius 2 is 0.772 bits per heavy atom. The Morgan fingerprint density at radius 1 is 0.443 bits per heavy atom. The molecule has 0 aromatic carbocycles. The van der Waals surface area contributed by atoms with Gasteiger partial charge in [0.05, 0.1) is 33.8 Å². The zero-order valence-electron chi connectivity index (χ0n) is 53.1. The Hall–Kier alpha value is -2.03. The molecule has 0 bridgehead atoms. The SMILES string of the molecule is CCCCC/C=C\C/C=C\C/C=C\CCCCCCCCCCCCC(=O)NC(COP(=O)([O-])OCC[N+](C)(C)C)C(/C=C\CCCCCCCCCCCCC)OC(=O)CCCCCCCCCCCCCCCCCCC. The monoisotopic (exact) mass is 1130 g/mol. The number of likely N-dealkylation sites (N-methyl/N-ethyl adjacent to an activating group) is 1. The van der Waals surface area contributed by atoms with Gasteiger partial charge in [0.1, 0.15) is 19.3 Å². The minimum absolute atomic E-state index is 0.0216. The third-order valence-electron chi connectivity index (χ3n) is 15.3. The summed E-state index contributed by atoms with van der Waals surface area (Å²) in [5.41, 5.74) is 0. The Labute approximate surface area is 490 Å². The fraction of sp³-hybridized carbons (Fsp3) is 0.855. The largest absolute Gasteiger partial charge is 0.756 e. The van der Waals surface area contributed by atoms with E-state index in [9.17, 15) is 19.0 Å². The van der Waals surface area contributed by atoms with E-state index >= 15 is 0 Å². The summed E-state index contributed by atoms with van der Waals surface area (Å²) in [7, 11) is 1.19. The molecule has 10 heteroatoms. The first kappa shape index (κ1) is 77.0. The van der Waals surface area contributed by atoms with Crippen molar-refractivity contribution in [1.29, 1.82) is 0 Å². The van der Waals surface area contributed by atoms with Gasteiger partial charge in [0.15, 0.2) is 0 Å². The van der Waals surface area contributed by atoms with Crippen LogP contribution in [0.4, 0.5) is 0 Å². The molecule has 0 saturated carbocycles. The number of phosphoric ester groups is 1. The van der Waals surface area contributed by atoms with E-state index in [0.717, 1.165) is 77.0 Å². The molecule has 0 aromatic heterocycles. The highest BCUT2D eigenvalue weighted by molar-refractivity contribution is 7.45. The van der Waals surface area contributed by atoms with E-state index in [1.54, 1.807) is 0 Å². The van der Waals surface area contributed by atoms with E-state index in [1.807, 2.05) is 33.3 Å². The molecule has 0 fully saturated rings. The number of quaternary nitrogens is 1. The van der Waals surface area contributed by atoms with Crippen molar-refractivity contribution >= 4 is 19.7 Å². The standard InChI is InChI=1S/C69H131N2O7P/c1-7-10-13-16-19-22-25-28-30-32-33-34-35-36-37-39-40-43-46-49-52-55-58-61-68(72)70-66(65-77-79(74,75)76-64-63-71(4,5)6)67(60-57-54-51-48-45-42-27-24-21-18-15-12-9-3)78-69(73)62-59-56-53-50-47-44-41-38-31-29-26-23-20-17-14-11-8-2/h19,22,28,30,33-34,57,60,66-67H,7-18,20-21,23-27,29,31-32,35-56,58-59,61-65H2,1-6H3,(H-,70,72,74,75)/b22-19-,30-28-,34-33-,60-57-. The molecular formula is C69H131N2O7P. The van der Waals surface area contributed by atoms with Crippen LogP contribution in [0.1, 0.15) is 329 Å². The zero-order valence-corrected chi connectivity index (χ0v) is 54.0. The molecule has 79 heavy (non-hydrogen) atoms. The molecule has 9 nitrogen and oxygen atoms in total. The topological polar surface area (TPSA) is 114 Å². The van der Waals surface area contributed by atoms with Crippen LogP contribution in [0, 0.1) is 0 Å².